The van der Waals surface area contributed by atoms with Crippen LogP contribution in [-0.2, 0) is 9.53 Å². The lowest BCUT2D eigenvalue weighted by Gasteiger charge is -2.35. The van der Waals surface area contributed by atoms with E-state index in [9.17, 15) is 9.90 Å². The van der Waals surface area contributed by atoms with E-state index in [0.717, 1.165) is 25.7 Å². The number of nitrogens with one attached hydrogen (secondary N) is 1. The maximum atomic E-state index is 12.0. The molecule has 18 heavy (non-hydrogen) atoms. The van der Waals surface area contributed by atoms with Gasteiger partial charge in [0.25, 0.3) is 0 Å². The number of nitrogens with two attached hydrogens (primary N) is 1. The minimum Gasteiger partial charge on any atom is -0.388 e. The molecule has 1 amide bonds. The van der Waals surface area contributed by atoms with Crippen LogP contribution in [0, 0.1) is 5.92 Å². The zero-order valence-electron chi connectivity index (χ0n) is 11.1. The molecule has 5 nitrogen and oxygen atoms in total. The quantitative estimate of drug-likeness (QED) is 0.671. The number of hydrogen-bond donors (Lipinski definition) is 3. The van der Waals surface area contributed by atoms with Crippen molar-refractivity contribution >= 4 is 5.91 Å². The molecule has 2 rings (SSSR count). The summed E-state index contributed by atoms with van der Waals surface area (Å²) in [6, 6.07) is 0. The van der Waals surface area contributed by atoms with Crippen LogP contribution in [0.1, 0.15) is 39.0 Å². The van der Waals surface area contributed by atoms with E-state index in [0.29, 0.717) is 25.5 Å². The number of carbonyl (C=O) groups is 1. The Morgan fingerprint density at radius 1 is 1.44 bits per heavy atom. The van der Waals surface area contributed by atoms with Crippen molar-refractivity contribution in [2.24, 2.45) is 11.7 Å². The maximum absolute atomic E-state index is 12.0. The number of ether oxygens (including phenoxy) is 1. The highest BCUT2D eigenvalue weighted by Gasteiger charge is 2.40. The van der Waals surface area contributed by atoms with Gasteiger partial charge < -0.3 is 20.9 Å². The van der Waals surface area contributed by atoms with Crippen LogP contribution in [0.4, 0.5) is 0 Å². The first-order valence-electron chi connectivity index (χ1n) is 6.81. The summed E-state index contributed by atoms with van der Waals surface area (Å²) < 4.78 is 5.16. The fourth-order valence-corrected chi connectivity index (χ4v) is 2.66. The molecule has 1 aliphatic carbocycles. The van der Waals surface area contributed by atoms with Crippen LogP contribution >= 0.6 is 0 Å². The number of amides is 1. The highest BCUT2D eigenvalue weighted by Crippen LogP contribution is 2.31. The van der Waals surface area contributed by atoms with E-state index in [4.69, 9.17) is 10.5 Å². The minimum atomic E-state index is -0.904. The van der Waals surface area contributed by atoms with Crippen molar-refractivity contribution in [1.82, 2.24) is 5.32 Å². The van der Waals surface area contributed by atoms with Gasteiger partial charge in [-0.15, -0.1) is 0 Å². The molecule has 104 valence electrons. The third kappa shape index (κ3) is 3.02. The Kier molecular flexibility index (Phi) is 3.94. The Morgan fingerprint density at radius 3 is 2.67 bits per heavy atom. The Labute approximate surface area is 108 Å². The first kappa shape index (κ1) is 13.8. The molecule has 0 aromatic rings. The number of hydrogen-bond acceptors (Lipinski definition) is 4. The fraction of sp³-hybridized carbons (Fsp3) is 0.923. The van der Waals surface area contributed by atoms with Crippen LogP contribution in [0.25, 0.3) is 0 Å². The normalized spacial score (nSPS) is 40.7. The van der Waals surface area contributed by atoms with Gasteiger partial charge in [0, 0.05) is 13.2 Å². The van der Waals surface area contributed by atoms with Gasteiger partial charge in [-0.1, -0.05) is 6.92 Å². The van der Waals surface area contributed by atoms with Gasteiger partial charge in [-0.25, -0.2) is 0 Å². The lowest BCUT2D eigenvalue weighted by molar-refractivity contribution is -0.128. The minimum absolute atomic E-state index is 0.202. The van der Waals surface area contributed by atoms with E-state index in [2.05, 4.69) is 12.2 Å². The maximum Gasteiger partial charge on any atom is 0.242 e. The van der Waals surface area contributed by atoms with Crippen LogP contribution in [0.2, 0.25) is 0 Å². The molecule has 1 heterocycles. The van der Waals surface area contributed by atoms with Gasteiger partial charge in [-0.05, 0) is 38.0 Å². The number of carbonyl (C=O) groups excluding carboxylic acids is 1. The van der Waals surface area contributed by atoms with Gasteiger partial charge in [0.15, 0.2) is 0 Å². The smallest absolute Gasteiger partial charge is 0.242 e. The third-order valence-corrected chi connectivity index (χ3v) is 4.29. The molecular weight excluding hydrogens is 232 g/mol. The lowest BCUT2D eigenvalue weighted by atomic mass is 9.79. The molecule has 2 fully saturated rings. The van der Waals surface area contributed by atoms with E-state index in [-0.39, 0.29) is 12.5 Å². The van der Waals surface area contributed by atoms with Crippen molar-refractivity contribution < 1.29 is 14.6 Å². The van der Waals surface area contributed by atoms with Crippen molar-refractivity contribution in [3.05, 3.63) is 0 Å². The average Bonchev–Trinajstić information content (AvgIpc) is 2.79. The first-order valence-corrected chi connectivity index (χ1v) is 6.81. The molecule has 1 unspecified atom stereocenters. The summed E-state index contributed by atoms with van der Waals surface area (Å²) in [7, 11) is 0. The van der Waals surface area contributed by atoms with Crippen LogP contribution in [0.5, 0.6) is 0 Å². The molecular formula is C13H24N2O3. The molecule has 0 bridgehead atoms. The fourth-order valence-electron chi connectivity index (χ4n) is 2.66. The van der Waals surface area contributed by atoms with Gasteiger partial charge in [-0.2, -0.15) is 0 Å². The van der Waals surface area contributed by atoms with Crippen LogP contribution in [-0.4, -0.2) is 41.9 Å². The van der Waals surface area contributed by atoms with Crippen LogP contribution < -0.4 is 11.1 Å². The molecule has 0 aromatic carbocycles. The van der Waals surface area contributed by atoms with Gasteiger partial charge in [0.1, 0.15) is 5.54 Å². The van der Waals surface area contributed by atoms with Crippen LogP contribution in [0.15, 0.2) is 0 Å². The molecule has 2 aliphatic rings. The first-order chi connectivity index (χ1) is 8.44. The molecule has 1 aliphatic heterocycles. The SMILES string of the molecule is CC1CCC(O)(CNC(=O)C2(N)CCOC2)CC1. The van der Waals surface area contributed by atoms with Gasteiger partial charge in [-0.3, -0.25) is 4.79 Å². The molecule has 4 N–H and O–H groups in total. The molecule has 1 atom stereocenters. The summed E-state index contributed by atoms with van der Waals surface area (Å²) in [4.78, 5) is 12.0. The van der Waals surface area contributed by atoms with Crippen molar-refractivity contribution in [2.75, 3.05) is 19.8 Å². The third-order valence-electron chi connectivity index (χ3n) is 4.29. The molecule has 5 heteroatoms. The van der Waals surface area contributed by atoms with Gasteiger partial charge >= 0.3 is 0 Å². The van der Waals surface area contributed by atoms with E-state index in [1.165, 1.54) is 0 Å². The Morgan fingerprint density at radius 2 is 2.11 bits per heavy atom. The monoisotopic (exact) mass is 256 g/mol. The van der Waals surface area contributed by atoms with Gasteiger partial charge in [0.05, 0.1) is 12.2 Å². The molecule has 1 saturated heterocycles. The summed E-state index contributed by atoms with van der Waals surface area (Å²) >= 11 is 0. The summed E-state index contributed by atoms with van der Waals surface area (Å²) in [5.41, 5.74) is 4.31. The zero-order chi connectivity index (χ0) is 13.2. The highest BCUT2D eigenvalue weighted by atomic mass is 16.5. The summed E-state index contributed by atoms with van der Waals surface area (Å²) in [5, 5.41) is 13.2. The van der Waals surface area contributed by atoms with Crippen molar-refractivity contribution in [3.8, 4) is 0 Å². The van der Waals surface area contributed by atoms with Crippen molar-refractivity contribution in [1.29, 1.82) is 0 Å². The second-order valence-corrected chi connectivity index (χ2v) is 6.05. The lowest BCUT2D eigenvalue weighted by Crippen LogP contribution is -2.57. The van der Waals surface area contributed by atoms with Crippen LogP contribution in [0.3, 0.4) is 0 Å². The number of aliphatic hydroxyl groups is 1. The highest BCUT2D eigenvalue weighted by molar-refractivity contribution is 5.86. The Balaban J connectivity index is 1.82. The van der Waals surface area contributed by atoms with E-state index in [1.54, 1.807) is 0 Å². The zero-order valence-corrected chi connectivity index (χ0v) is 11.1. The largest absolute Gasteiger partial charge is 0.388 e. The molecule has 1 saturated carbocycles. The van der Waals surface area contributed by atoms with Gasteiger partial charge in [0.2, 0.25) is 5.91 Å². The predicted octanol–water partition coefficient (Wildman–Crippen LogP) is 0.162. The summed E-state index contributed by atoms with van der Waals surface area (Å²) in [6.07, 6.45) is 4.09. The average molecular weight is 256 g/mol. The van der Waals surface area contributed by atoms with E-state index in [1.807, 2.05) is 0 Å². The standard InChI is InChI=1S/C13H24N2O3/c1-10-2-4-12(17,5-3-10)8-15-11(16)13(14)6-7-18-9-13/h10,17H,2-9,14H2,1H3,(H,15,16). The van der Waals surface area contributed by atoms with Crippen molar-refractivity contribution in [2.45, 2.75) is 50.2 Å². The summed E-state index contributed by atoms with van der Waals surface area (Å²) in [5.74, 6) is 0.470. The number of rotatable bonds is 3. The second-order valence-electron chi connectivity index (χ2n) is 6.05. The predicted molar refractivity (Wildman–Crippen MR) is 67.9 cm³/mol. The van der Waals surface area contributed by atoms with E-state index < -0.39 is 11.1 Å². The topological polar surface area (TPSA) is 84.6 Å². The molecule has 0 spiro atoms. The Hall–Kier alpha value is -0.650. The molecule has 0 aromatic heterocycles. The second kappa shape index (κ2) is 5.15. The Bertz CT molecular complexity index is 305. The molecule has 0 radical (unpaired) electrons. The van der Waals surface area contributed by atoms with Crippen molar-refractivity contribution in [3.63, 3.8) is 0 Å². The summed E-state index contributed by atoms with van der Waals surface area (Å²) in [6.45, 7) is 3.31. The van der Waals surface area contributed by atoms with E-state index >= 15 is 0 Å².